The summed E-state index contributed by atoms with van der Waals surface area (Å²) in [5.41, 5.74) is 0.501. The van der Waals surface area contributed by atoms with Crippen LogP contribution in [0.2, 0.25) is 0 Å². The van der Waals surface area contributed by atoms with E-state index in [0.29, 0.717) is 0 Å². The maximum Gasteiger partial charge on any atom is 0.0641 e. The molecule has 3 heteroatoms. The van der Waals surface area contributed by atoms with Crippen LogP contribution in [0.5, 0.6) is 0 Å². The van der Waals surface area contributed by atoms with Crippen molar-refractivity contribution in [3.05, 3.63) is 0 Å². The number of nitrogens with zero attached hydrogens (tertiary/aromatic N) is 1. The molecule has 0 aliphatic carbocycles. The summed E-state index contributed by atoms with van der Waals surface area (Å²) in [6.07, 6.45) is -2.07. The number of nitriles is 1. The lowest BCUT2D eigenvalue weighted by Gasteiger charge is -2.17. The van der Waals surface area contributed by atoms with Crippen molar-refractivity contribution in [1.29, 1.82) is 5.26 Å². The van der Waals surface area contributed by atoms with Gasteiger partial charge in [0.15, 0.2) is 0 Å². The number of hydrogen-bond acceptors (Lipinski definition) is 3. The Labute approximate surface area is 51.7 Å². The van der Waals surface area contributed by atoms with E-state index in [1.54, 1.807) is 5.48 Å². The van der Waals surface area contributed by atoms with E-state index in [0.717, 1.165) is 0 Å². The maximum absolute atomic E-state index is 8.42. The van der Waals surface area contributed by atoms with Crippen molar-refractivity contribution in [2.75, 3.05) is 0 Å². The molecule has 0 amide bonds. The Kier molecular flexibility index (Phi) is 1.43. The Morgan fingerprint density at radius 2 is 2.50 bits per heavy atom. The molecule has 0 fully saturated rings. The van der Waals surface area contributed by atoms with Gasteiger partial charge in [-0.05, 0) is 13.8 Å². The van der Waals surface area contributed by atoms with Crippen molar-refractivity contribution >= 4 is 0 Å². The number of hydroxylamine groups is 1. The van der Waals surface area contributed by atoms with Crippen LogP contribution in [0.15, 0.2) is 0 Å². The van der Waals surface area contributed by atoms with Crippen LogP contribution in [0, 0.1) is 11.3 Å². The Balaban J connectivity index is 4.49. The molecule has 46 valence electrons. The van der Waals surface area contributed by atoms with Gasteiger partial charge in [-0.15, -0.1) is 0 Å². The molecule has 0 aliphatic heterocycles. The van der Waals surface area contributed by atoms with Crippen LogP contribution in [-0.4, -0.2) is 10.7 Å². The predicted octanol–water partition coefficient (Wildman–Crippen LogP) is 0.657. The lowest BCUT2D eigenvalue weighted by Crippen LogP contribution is -2.35. The van der Waals surface area contributed by atoms with Gasteiger partial charge in [0.1, 0.15) is 0 Å². The van der Waals surface area contributed by atoms with Crippen molar-refractivity contribution in [2.24, 2.45) is 0 Å². The van der Waals surface area contributed by atoms with Gasteiger partial charge in [-0.25, -0.2) is 0 Å². The van der Waals surface area contributed by atoms with Crippen molar-refractivity contribution in [3.8, 4) is 6.07 Å². The molecule has 0 rings (SSSR count). The van der Waals surface area contributed by atoms with Crippen LogP contribution in [0.3, 0.4) is 0 Å². The van der Waals surface area contributed by atoms with Gasteiger partial charge in [-0.1, -0.05) is 0 Å². The third-order valence-corrected chi connectivity index (χ3v) is 0.648. The molecule has 0 saturated heterocycles. The Morgan fingerprint density at radius 1 is 2.00 bits per heavy atom. The van der Waals surface area contributed by atoms with Crippen molar-refractivity contribution in [3.63, 3.8) is 0 Å². The summed E-state index contributed by atoms with van der Waals surface area (Å²) in [6, 6.07) is 1.44. The molecular weight excluding hydrogens is 104 g/mol. The maximum atomic E-state index is 8.42. The SMILES string of the molecule is [2H]C([2H])(C#N)C(C)(C)NO. The summed E-state index contributed by atoms with van der Waals surface area (Å²) >= 11 is 0. The van der Waals surface area contributed by atoms with E-state index >= 15 is 0 Å². The smallest absolute Gasteiger partial charge is 0.0641 e. The molecule has 3 nitrogen and oxygen atoms in total. The molecule has 8 heavy (non-hydrogen) atoms. The van der Waals surface area contributed by atoms with E-state index in [2.05, 4.69) is 0 Å². The highest BCUT2D eigenvalue weighted by Gasteiger charge is 2.13. The molecule has 0 atom stereocenters. The quantitative estimate of drug-likeness (QED) is 0.521. The third-order valence-electron chi connectivity index (χ3n) is 0.648. The highest BCUT2D eigenvalue weighted by molar-refractivity contribution is 4.85. The van der Waals surface area contributed by atoms with Gasteiger partial charge in [-0.2, -0.15) is 10.7 Å². The van der Waals surface area contributed by atoms with Gasteiger partial charge in [0, 0.05) is 2.74 Å². The first kappa shape index (κ1) is 4.30. The Morgan fingerprint density at radius 3 is 2.62 bits per heavy atom. The van der Waals surface area contributed by atoms with Gasteiger partial charge in [0.25, 0.3) is 0 Å². The minimum absolute atomic E-state index is 1.23. The summed E-state index contributed by atoms with van der Waals surface area (Å²) in [5.74, 6) is 0. The molecule has 0 aromatic carbocycles. The molecule has 0 radical (unpaired) electrons. The summed E-state index contributed by atoms with van der Waals surface area (Å²) in [4.78, 5) is 0. The van der Waals surface area contributed by atoms with Crippen LogP contribution in [-0.2, 0) is 0 Å². The first-order valence-corrected chi connectivity index (χ1v) is 2.20. The van der Waals surface area contributed by atoms with E-state index in [1.807, 2.05) is 0 Å². The van der Waals surface area contributed by atoms with Crippen molar-refractivity contribution in [1.82, 2.24) is 5.48 Å². The fourth-order valence-electron chi connectivity index (χ4n) is 0.168. The molecule has 0 spiro atoms. The molecule has 2 N–H and O–H groups in total. The number of rotatable bonds is 2. The summed E-state index contributed by atoms with van der Waals surface area (Å²) in [7, 11) is 0. The van der Waals surface area contributed by atoms with Crippen LogP contribution >= 0.6 is 0 Å². The lowest BCUT2D eigenvalue weighted by atomic mass is 10.0. The molecule has 0 bridgehead atoms. The van der Waals surface area contributed by atoms with Gasteiger partial charge in [0.2, 0.25) is 0 Å². The molecular formula is C5H10N2O. The van der Waals surface area contributed by atoms with Crippen LogP contribution < -0.4 is 5.48 Å². The van der Waals surface area contributed by atoms with Crippen LogP contribution in [0.1, 0.15) is 23.0 Å². The largest absolute Gasteiger partial charge is 0.316 e. The van der Waals surface area contributed by atoms with E-state index in [4.69, 9.17) is 13.2 Å². The average molecular weight is 116 g/mol. The number of hydrogen-bond donors (Lipinski definition) is 2. The third kappa shape index (κ3) is 2.56. The minimum atomic E-state index is -2.07. The summed E-state index contributed by atoms with van der Waals surface area (Å²) in [5, 5.41) is 16.7. The molecule has 0 aliphatic rings. The second-order valence-corrected chi connectivity index (χ2v) is 1.97. The van der Waals surface area contributed by atoms with Crippen molar-refractivity contribution in [2.45, 2.75) is 25.8 Å². The van der Waals surface area contributed by atoms with Crippen molar-refractivity contribution < 1.29 is 7.95 Å². The molecule has 0 unspecified atom stereocenters. The van der Waals surface area contributed by atoms with Gasteiger partial charge >= 0.3 is 0 Å². The van der Waals surface area contributed by atoms with Crippen LogP contribution in [0.25, 0.3) is 0 Å². The first-order chi connectivity index (χ1) is 4.37. The zero-order valence-electron chi connectivity index (χ0n) is 6.89. The first-order valence-electron chi connectivity index (χ1n) is 3.20. The summed E-state index contributed by atoms with van der Waals surface area (Å²) < 4.78 is 14.1. The van der Waals surface area contributed by atoms with E-state index in [-0.39, 0.29) is 0 Å². The van der Waals surface area contributed by atoms with Crippen LogP contribution in [0.4, 0.5) is 0 Å². The molecule has 0 saturated carbocycles. The Bertz CT molecular complexity index is 162. The van der Waals surface area contributed by atoms with Gasteiger partial charge in [0.05, 0.1) is 18.0 Å². The zero-order chi connectivity index (χ0) is 8.41. The monoisotopic (exact) mass is 116 g/mol. The molecule has 0 heterocycles. The molecule has 0 aromatic heterocycles. The standard InChI is InChI=1S/C5H10N2O/c1-5(2,7-8)3-4-6/h7-8H,3H2,1-2H3/i3D2. The van der Waals surface area contributed by atoms with E-state index in [1.165, 1.54) is 19.9 Å². The minimum Gasteiger partial charge on any atom is -0.316 e. The normalized spacial score (nSPS) is 16.2. The Hall–Kier alpha value is -0.590. The highest BCUT2D eigenvalue weighted by atomic mass is 16.5. The summed E-state index contributed by atoms with van der Waals surface area (Å²) in [6.45, 7) is 2.80. The number of nitrogens with one attached hydrogen (secondary N) is 1. The zero-order valence-corrected chi connectivity index (χ0v) is 4.89. The second-order valence-electron chi connectivity index (χ2n) is 1.97. The average Bonchev–Trinajstić information content (AvgIpc) is 1.88. The van der Waals surface area contributed by atoms with E-state index < -0.39 is 11.9 Å². The molecule has 0 aromatic rings. The lowest BCUT2D eigenvalue weighted by molar-refractivity contribution is 0.0841. The topological polar surface area (TPSA) is 56.0 Å². The van der Waals surface area contributed by atoms with Gasteiger partial charge in [-0.3, -0.25) is 0 Å². The predicted molar refractivity (Wildman–Crippen MR) is 29.2 cm³/mol. The van der Waals surface area contributed by atoms with E-state index in [9.17, 15) is 0 Å². The highest BCUT2D eigenvalue weighted by Crippen LogP contribution is 2.03. The van der Waals surface area contributed by atoms with Gasteiger partial charge < -0.3 is 5.21 Å². The second kappa shape index (κ2) is 2.65. The fraction of sp³-hybridized carbons (Fsp3) is 0.800. The fourth-order valence-corrected chi connectivity index (χ4v) is 0.168.